The zero-order valence-electron chi connectivity index (χ0n) is 13.7. The van der Waals surface area contributed by atoms with E-state index < -0.39 is 30.3 Å². The summed E-state index contributed by atoms with van der Waals surface area (Å²) in [6, 6.07) is 13.5. The second kappa shape index (κ2) is 8.01. The van der Waals surface area contributed by atoms with Crippen LogP contribution >= 0.6 is 11.6 Å². The van der Waals surface area contributed by atoms with Crippen molar-refractivity contribution in [3.63, 3.8) is 0 Å². The zero-order valence-corrected chi connectivity index (χ0v) is 14.5. The van der Waals surface area contributed by atoms with E-state index in [1.165, 1.54) is 0 Å². The maximum absolute atomic E-state index is 12.2. The molecule has 2 aromatic rings. The van der Waals surface area contributed by atoms with Crippen LogP contribution in [0, 0.1) is 5.92 Å². The van der Waals surface area contributed by atoms with E-state index in [1.54, 1.807) is 48.5 Å². The third-order valence-electron chi connectivity index (χ3n) is 3.90. The van der Waals surface area contributed by atoms with Crippen molar-refractivity contribution in [2.45, 2.75) is 6.42 Å². The summed E-state index contributed by atoms with van der Waals surface area (Å²) in [5.41, 5.74) is 1.16. The minimum Gasteiger partial charge on any atom is -0.492 e. The molecule has 1 N–H and O–H groups in total. The monoisotopic (exact) mass is 373 g/mol. The third-order valence-corrected chi connectivity index (χ3v) is 4.13. The van der Waals surface area contributed by atoms with Crippen LogP contribution < -0.4 is 10.1 Å². The maximum atomic E-state index is 12.2. The molecule has 1 heterocycles. The minimum absolute atomic E-state index is 0.165. The Bertz CT molecular complexity index is 837. The first-order valence-electron chi connectivity index (χ1n) is 8.00. The summed E-state index contributed by atoms with van der Waals surface area (Å²) in [4.78, 5) is 35.8. The van der Waals surface area contributed by atoms with Gasteiger partial charge in [0.2, 0.25) is 0 Å². The zero-order chi connectivity index (χ0) is 18.5. The number of fused-ring (bicyclic) bond motifs is 1. The summed E-state index contributed by atoms with van der Waals surface area (Å²) < 4.78 is 10.5. The smallest absolute Gasteiger partial charge is 0.313 e. The highest BCUT2D eigenvalue weighted by molar-refractivity contribution is 6.30. The quantitative estimate of drug-likeness (QED) is 0.832. The number of halogens is 1. The fourth-order valence-electron chi connectivity index (χ4n) is 2.59. The lowest BCUT2D eigenvalue weighted by Gasteiger charge is -2.24. The molecule has 0 unspecified atom stereocenters. The molecule has 0 radical (unpaired) electrons. The van der Waals surface area contributed by atoms with E-state index in [0.29, 0.717) is 22.8 Å². The Labute approximate surface area is 155 Å². The molecule has 0 spiro atoms. The average Bonchev–Trinajstić information content (AvgIpc) is 2.66. The lowest BCUT2D eigenvalue weighted by molar-refractivity contribution is -0.153. The van der Waals surface area contributed by atoms with Gasteiger partial charge in [0.05, 0.1) is 5.92 Å². The van der Waals surface area contributed by atoms with E-state index in [9.17, 15) is 14.4 Å². The second-order valence-corrected chi connectivity index (χ2v) is 6.25. The van der Waals surface area contributed by atoms with Gasteiger partial charge in [0, 0.05) is 10.6 Å². The van der Waals surface area contributed by atoms with Crippen LogP contribution in [0.5, 0.6) is 5.75 Å². The summed E-state index contributed by atoms with van der Waals surface area (Å²) in [6.45, 7) is -0.367. The van der Waals surface area contributed by atoms with Crippen molar-refractivity contribution in [1.82, 2.24) is 5.32 Å². The van der Waals surface area contributed by atoms with Crippen LogP contribution in [0.3, 0.4) is 0 Å². The highest BCUT2D eigenvalue weighted by atomic mass is 35.5. The topological polar surface area (TPSA) is 81.7 Å². The largest absolute Gasteiger partial charge is 0.492 e. The van der Waals surface area contributed by atoms with Crippen molar-refractivity contribution in [1.29, 1.82) is 0 Å². The number of carbonyl (C=O) groups is 3. The van der Waals surface area contributed by atoms with E-state index >= 15 is 0 Å². The maximum Gasteiger partial charge on any atom is 0.313 e. The number of hydrogen-bond donors (Lipinski definition) is 1. The number of imide groups is 1. The second-order valence-electron chi connectivity index (χ2n) is 5.82. The Morgan fingerprint density at radius 1 is 1.15 bits per heavy atom. The molecule has 0 saturated heterocycles. The van der Waals surface area contributed by atoms with Crippen LogP contribution in [0.4, 0.5) is 0 Å². The van der Waals surface area contributed by atoms with Gasteiger partial charge in [0.25, 0.3) is 11.8 Å². The van der Waals surface area contributed by atoms with E-state index in [0.717, 1.165) is 5.56 Å². The van der Waals surface area contributed by atoms with E-state index in [1.807, 2.05) is 0 Å². The molecule has 1 aliphatic rings. The molecule has 3 rings (SSSR count). The molecule has 1 aliphatic heterocycles. The van der Waals surface area contributed by atoms with Gasteiger partial charge in [-0.15, -0.1) is 0 Å². The SMILES string of the molecule is O=C(COC(=O)[C@H]1COc2ccc(Cl)cc2C1)NC(=O)c1ccccc1. The van der Waals surface area contributed by atoms with Gasteiger partial charge >= 0.3 is 5.97 Å². The molecule has 0 fully saturated rings. The first-order chi connectivity index (χ1) is 12.5. The van der Waals surface area contributed by atoms with Gasteiger partial charge in [-0.3, -0.25) is 19.7 Å². The summed E-state index contributed by atoms with van der Waals surface area (Å²) >= 11 is 5.95. The van der Waals surface area contributed by atoms with Crippen LogP contribution in [-0.2, 0) is 20.7 Å². The van der Waals surface area contributed by atoms with Gasteiger partial charge in [-0.2, -0.15) is 0 Å². The van der Waals surface area contributed by atoms with Gasteiger partial charge in [0.15, 0.2) is 6.61 Å². The molecule has 7 heteroatoms. The summed E-state index contributed by atoms with van der Waals surface area (Å²) in [5.74, 6) is -1.63. The third kappa shape index (κ3) is 4.40. The fourth-order valence-corrected chi connectivity index (χ4v) is 2.79. The lowest BCUT2D eigenvalue weighted by atomic mass is 9.97. The minimum atomic E-state index is -0.688. The van der Waals surface area contributed by atoms with Gasteiger partial charge in [-0.05, 0) is 42.3 Å². The molecule has 0 aromatic heterocycles. The van der Waals surface area contributed by atoms with E-state index in [2.05, 4.69) is 5.32 Å². The van der Waals surface area contributed by atoms with Gasteiger partial charge < -0.3 is 9.47 Å². The van der Waals surface area contributed by atoms with Crippen molar-refractivity contribution in [2.24, 2.45) is 5.92 Å². The number of amides is 2. The first-order valence-corrected chi connectivity index (χ1v) is 8.38. The Balaban J connectivity index is 1.50. The number of esters is 1. The number of benzene rings is 2. The molecule has 0 bridgehead atoms. The van der Waals surface area contributed by atoms with Crippen LogP contribution in [0.1, 0.15) is 15.9 Å². The van der Waals surface area contributed by atoms with Crippen molar-refractivity contribution >= 4 is 29.4 Å². The van der Waals surface area contributed by atoms with Crippen LogP contribution in [0.25, 0.3) is 0 Å². The molecule has 26 heavy (non-hydrogen) atoms. The first kappa shape index (κ1) is 17.9. The Hall–Kier alpha value is -2.86. The number of nitrogens with one attached hydrogen (secondary N) is 1. The van der Waals surface area contributed by atoms with Crippen LogP contribution in [0.15, 0.2) is 48.5 Å². The standard InChI is InChI=1S/C19H16ClNO5/c20-15-6-7-16-13(9-15)8-14(10-25-16)19(24)26-11-17(22)21-18(23)12-4-2-1-3-5-12/h1-7,9,14H,8,10-11H2,(H,21,22,23)/t14-/m1/s1. The van der Waals surface area contributed by atoms with Crippen molar-refractivity contribution in [2.75, 3.05) is 13.2 Å². The van der Waals surface area contributed by atoms with Crippen molar-refractivity contribution in [3.8, 4) is 5.75 Å². The molecule has 6 nitrogen and oxygen atoms in total. The number of rotatable bonds is 4. The normalized spacial score (nSPS) is 15.3. The predicted octanol–water partition coefficient (Wildman–Crippen LogP) is 2.39. The van der Waals surface area contributed by atoms with Gasteiger partial charge in [-0.1, -0.05) is 29.8 Å². The van der Waals surface area contributed by atoms with Crippen molar-refractivity contribution < 1.29 is 23.9 Å². The lowest BCUT2D eigenvalue weighted by Crippen LogP contribution is -2.36. The van der Waals surface area contributed by atoms with Crippen molar-refractivity contribution in [3.05, 3.63) is 64.7 Å². The summed E-state index contributed by atoms with van der Waals surface area (Å²) in [7, 11) is 0. The number of ether oxygens (including phenoxy) is 2. The molecular weight excluding hydrogens is 358 g/mol. The number of hydrogen-bond acceptors (Lipinski definition) is 5. The summed E-state index contributed by atoms with van der Waals surface area (Å²) in [6.07, 6.45) is 0.416. The summed E-state index contributed by atoms with van der Waals surface area (Å²) in [5, 5.41) is 2.73. The highest BCUT2D eigenvalue weighted by Crippen LogP contribution is 2.30. The van der Waals surface area contributed by atoms with Crippen LogP contribution in [-0.4, -0.2) is 31.0 Å². The predicted molar refractivity (Wildman–Crippen MR) is 94.0 cm³/mol. The molecule has 2 aromatic carbocycles. The average molecular weight is 374 g/mol. The van der Waals surface area contributed by atoms with Gasteiger partial charge in [-0.25, -0.2) is 0 Å². The fraction of sp³-hybridized carbons (Fsp3) is 0.211. The Kier molecular flexibility index (Phi) is 5.53. The number of carbonyl (C=O) groups excluding carboxylic acids is 3. The van der Waals surface area contributed by atoms with E-state index in [-0.39, 0.29) is 6.61 Å². The Morgan fingerprint density at radius 2 is 1.92 bits per heavy atom. The molecule has 0 aliphatic carbocycles. The molecular formula is C19H16ClNO5. The molecule has 134 valence electrons. The van der Waals surface area contributed by atoms with E-state index in [4.69, 9.17) is 21.1 Å². The van der Waals surface area contributed by atoms with Crippen LogP contribution in [0.2, 0.25) is 5.02 Å². The highest BCUT2D eigenvalue weighted by Gasteiger charge is 2.28. The molecule has 0 saturated carbocycles. The molecule has 2 amide bonds. The van der Waals surface area contributed by atoms with Gasteiger partial charge in [0.1, 0.15) is 12.4 Å². The Morgan fingerprint density at radius 3 is 2.69 bits per heavy atom. The molecule has 1 atom stereocenters.